The standard InChI is InChI=1S/C15H25N/c1-6-14(15(3,4)5)16-12(2)13-10-8-7-9-11-13/h7-12,14,16H,6H2,1-5H3/t12-,14?/m1/s1. The van der Waals surface area contributed by atoms with Gasteiger partial charge in [0.1, 0.15) is 0 Å². The quantitative estimate of drug-likeness (QED) is 0.801. The Morgan fingerprint density at radius 1 is 1.12 bits per heavy atom. The van der Waals surface area contributed by atoms with Gasteiger partial charge in [0.25, 0.3) is 0 Å². The summed E-state index contributed by atoms with van der Waals surface area (Å²) in [4.78, 5) is 0. The molecule has 0 aliphatic heterocycles. The average Bonchev–Trinajstić information content (AvgIpc) is 2.25. The molecule has 0 heterocycles. The van der Waals surface area contributed by atoms with Crippen molar-refractivity contribution < 1.29 is 0 Å². The summed E-state index contributed by atoms with van der Waals surface area (Å²) in [7, 11) is 0. The number of hydrogen-bond donors (Lipinski definition) is 1. The number of rotatable bonds is 4. The zero-order valence-corrected chi connectivity index (χ0v) is 11.2. The maximum absolute atomic E-state index is 3.72. The highest BCUT2D eigenvalue weighted by molar-refractivity contribution is 5.18. The Morgan fingerprint density at radius 2 is 1.69 bits per heavy atom. The molecule has 1 nitrogen and oxygen atoms in total. The third-order valence-electron chi connectivity index (χ3n) is 3.20. The first kappa shape index (κ1) is 13.2. The van der Waals surface area contributed by atoms with Crippen LogP contribution in [-0.2, 0) is 0 Å². The first-order valence-electron chi connectivity index (χ1n) is 6.26. The maximum Gasteiger partial charge on any atom is 0.0294 e. The summed E-state index contributed by atoms with van der Waals surface area (Å²) >= 11 is 0. The topological polar surface area (TPSA) is 12.0 Å². The van der Waals surface area contributed by atoms with E-state index >= 15 is 0 Å². The van der Waals surface area contributed by atoms with Crippen molar-refractivity contribution in [2.24, 2.45) is 5.41 Å². The monoisotopic (exact) mass is 219 g/mol. The van der Waals surface area contributed by atoms with Crippen molar-refractivity contribution in [1.29, 1.82) is 0 Å². The lowest BCUT2D eigenvalue weighted by molar-refractivity contribution is 0.244. The summed E-state index contributed by atoms with van der Waals surface area (Å²) in [6, 6.07) is 11.6. The second-order valence-electron chi connectivity index (χ2n) is 5.63. The van der Waals surface area contributed by atoms with Gasteiger partial charge >= 0.3 is 0 Å². The SMILES string of the molecule is CCC(N[C@H](C)c1ccccc1)C(C)(C)C. The summed E-state index contributed by atoms with van der Waals surface area (Å²) in [5, 5.41) is 3.72. The fourth-order valence-electron chi connectivity index (χ4n) is 2.12. The molecule has 90 valence electrons. The van der Waals surface area contributed by atoms with Crippen LogP contribution in [0.2, 0.25) is 0 Å². The Kier molecular flexibility index (Phi) is 4.55. The first-order chi connectivity index (χ1) is 7.45. The Labute approximate surface area is 100 Å². The minimum atomic E-state index is 0.317. The highest BCUT2D eigenvalue weighted by atomic mass is 15.0. The van der Waals surface area contributed by atoms with E-state index in [4.69, 9.17) is 0 Å². The Morgan fingerprint density at radius 3 is 2.12 bits per heavy atom. The molecule has 0 bridgehead atoms. The van der Waals surface area contributed by atoms with Crippen molar-refractivity contribution in [2.75, 3.05) is 0 Å². The Balaban J connectivity index is 2.67. The molecule has 1 heteroatoms. The van der Waals surface area contributed by atoms with Gasteiger partial charge in [-0.15, -0.1) is 0 Å². The van der Waals surface area contributed by atoms with Gasteiger partial charge in [0, 0.05) is 12.1 Å². The van der Waals surface area contributed by atoms with Gasteiger partial charge in [-0.25, -0.2) is 0 Å². The van der Waals surface area contributed by atoms with Crippen LogP contribution in [0, 0.1) is 5.41 Å². The maximum atomic E-state index is 3.72. The van der Waals surface area contributed by atoms with E-state index in [0.29, 0.717) is 17.5 Å². The molecule has 0 spiro atoms. The molecular formula is C15H25N. The predicted molar refractivity (Wildman–Crippen MR) is 71.5 cm³/mol. The van der Waals surface area contributed by atoms with Crippen LogP contribution in [-0.4, -0.2) is 6.04 Å². The lowest BCUT2D eigenvalue weighted by Gasteiger charge is -2.33. The molecule has 0 aliphatic carbocycles. The zero-order valence-electron chi connectivity index (χ0n) is 11.2. The van der Waals surface area contributed by atoms with E-state index in [1.165, 1.54) is 12.0 Å². The van der Waals surface area contributed by atoms with E-state index in [9.17, 15) is 0 Å². The third kappa shape index (κ3) is 3.64. The van der Waals surface area contributed by atoms with Crippen LogP contribution in [0.25, 0.3) is 0 Å². The minimum Gasteiger partial charge on any atom is -0.307 e. The van der Waals surface area contributed by atoms with E-state index < -0.39 is 0 Å². The second kappa shape index (κ2) is 5.49. The summed E-state index contributed by atoms with van der Waals surface area (Å²) in [5.74, 6) is 0. The molecule has 0 fully saturated rings. The zero-order chi connectivity index (χ0) is 12.2. The number of nitrogens with one attached hydrogen (secondary N) is 1. The van der Waals surface area contributed by atoms with Gasteiger partial charge in [-0.3, -0.25) is 0 Å². The van der Waals surface area contributed by atoms with Crippen molar-refractivity contribution in [1.82, 2.24) is 5.32 Å². The van der Waals surface area contributed by atoms with E-state index in [1.807, 2.05) is 0 Å². The van der Waals surface area contributed by atoms with Crippen LogP contribution in [0.5, 0.6) is 0 Å². The fraction of sp³-hybridized carbons (Fsp3) is 0.600. The largest absolute Gasteiger partial charge is 0.307 e. The molecule has 1 N–H and O–H groups in total. The summed E-state index contributed by atoms with van der Waals surface area (Å²) in [6.07, 6.45) is 1.17. The molecule has 1 aromatic carbocycles. The van der Waals surface area contributed by atoms with Crippen LogP contribution in [0.4, 0.5) is 0 Å². The number of benzene rings is 1. The van der Waals surface area contributed by atoms with Crippen molar-refractivity contribution in [3.63, 3.8) is 0 Å². The average molecular weight is 219 g/mol. The number of hydrogen-bond acceptors (Lipinski definition) is 1. The van der Waals surface area contributed by atoms with Gasteiger partial charge < -0.3 is 5.32 Å². The van der Waals surface area contributed by atoms with Crippen molar-refractivity contribution in [3.8, 4) is 0 Å². The van der Waals surface area contributed by atoms with Gasteiger partial charge in [0.05, 0.1) is 0 Å². The van der Waals surface area contributed by atoms with Crippen molar-refractivity contribution in [2.45, 2.75) is 53.1 Å². The Bertz CT molecular complexity index is 297. The highest BCUT2D eigenvalue weighted by Gasteiger charge is 2.24. The van der Waals surface area contributed by atoms with Crippen molar-refractivity contribution >= 4 is 0 Å². The van der Waals surface area contributed by atoms with Crippen LogP contribution in [0.1, 0.15) is 52.6 Å². The summed E-state index contributed by atoms with van der Waals surface area (Å²) in [6.45, 7) is 11.4. The van der Waals surface area contributed by atoms with Crippen molar-refractivity contribution in [3.05, 3.63) is 35.9 Å². The van der Waals surface area contributed by atoms with Crippen LogP contribution in [0.3, 0.4) is 0 Å². The van der Waals surface area contributed by atoms with Crippen LogP contribution in [0.15, 0.2) is 30.3 Å². The van der Waals surface area contributed by atoms with Crippen LogP contribution < -0.4 is 5.32 Å². The van der Waals surface area contributed by atoms with Gasteiger partial charge in [-0.05, 0) is 24.3 Å². The normalized spacial score (nSPS) is 15.8. The third-order valence-corrected chi connectivity index (χ3v) is 3.20. The fourth-order valence-corrected chi connectivity index (χ4v) is 2.12. The minimum absolute atomic E-state index is 0.317. The second-order valence-corrected chi connectivity index (χ2v) is 5.63. The molecule has 16 heavy (non-hydrogen) atoms. The molecular weight excluding hydrogens is 194 g/mol. The van der Waals surface area contributed by atoms with E-state index in [0.717, 1.165) is 0 Å². The van der Waals surface area contributed by atoms with E-state index in [-0.39, 0.29) is 0 Å². The molecule has 0 aliphatic rings. The molecule has 0 radical (unpaired) electrons. The van der Waals surface area contributed by atoms with Gasteiger partial charge in [-0.2, -0.15) is 0 Å². The molecule has 0 amide bonds. The van der Waals surface area contributed by atoms with E-state index in [1.54, 1.807) is 0 Å². The van der Waals surface area contributed by atoms with Gasteiger partial charge in [0.2, 0.25) is 0 Å². The van der Waals surface area contributed by atoms with Gasteiger partial charge in [0.15, 0.2) is 0 Å². The highest BCUT2D eigenvalue weighted by Crippen LogP contribution is 2.24. The van der Waals surface area contributed by atoms with E-state index in [2.05, 4.69) is 70.3 Å². The van der Waals surface area contributed by atoms with Gasteiger partial charge in [-0.1, -0.05) is 58.0 Å². The molecule has 0 saturated carbocycles. The lowest BCUT2D eigenvalue weighted by Crippen LogP contribution is -2.41. The Hall–Kier alpha value is -0.820. The summed E-state index contributed by atoms with van der Waals surface area (Å²) < 4.78 is 0. The molecule has 0 aromatic heterocycles. The predicted octanol–water partition coefficient (Wildman–Crippen LogP) is 4.16. The molecule has 2 atom stereocenters. The molecule has 0 saturated heterocycles. The molecule has 1 unspecified atom stereocenters. The molecule has 1 rings (SSSR count). The summed E-state index contributed by atoms with van der Waals surface area (Å²) in [5.41, 5.74) is 1.68. The molecule has 1 aromatic rings. The smallest absolute Gasteiger partial charge is 0.0294 e. The first-order valence-corrected chi connectivity index (χ1v) is 6.26. The lowest BCUT2D eigenvalue weighted by atomic mass is 9.84. The van der Waals surface area contributed by atoms with Crippen LogP contribution >= 0.6 is 0 Å².